The van der Waals surface area contributed by atoms with Crippen molar-refractivity contribution >= 4 is 73.0 Å². The third-order valence-corrected chi connectivity index (χ3v) is 7.39. The first kappa shape index (κ1) is 22.2. The molecular formula is C24H23BrN2O2S2. The van der Waals surface area contributed by atoms with E-state index in [1.165, 1.54) is 35.9 Å². The molecule has 0 bridgehead atoms. The van der Waals surface area contributed by atoms with Crippen molar-refractivity contribution in [1.29, 1.82) is 0 Å². The molecular weight excluding hydrogens is 492 g/mol. The summed E-state index contributed by atoms with van der Waals surface area (Å²) in [7, 11) is 0. The zero-order valence-electron chi connectivity index (χ0n) is 17.3. The van der Waals surface area contributed by atoms with Gasteiger partial charge >= 0.3 is 0 Å². The molecule has 0 N–H and O–H groups in total. The van der Waals surface area contributed by atoms with Crippen molar-refractivity contribution in [2.24, 2.45) is 0 Å². The van der Waals surface area contributed by atoms with Crippen molar-refractivity contribution in [3.8, 4) is 0 Å². The minimum Gasteiger partial charge on any atom is -0.308 e. The Hall–Kier alpha value is -1.96. The molecule has 2 heterocycles. The van der Waals surface area contributed by atoms with Crippen LogP contribution in [0.5, 0.6) is 0 Å². The van der Waals surface area contributed by atoms with Crippen LogP contribution in [-0.2, 0) is 9.59 Å². The Morgan fingerprint density at radius 3 is 2.39 bits per heavy atom. The second-order valence-corrected chi connectivity index (χ2v) is 10.1. The number of thioether (sulfide) groups is 1. The van der Waals surface area contributed by atoms with E-state index < -0.39 is 0 Å². The van der Waals surface area contributed by atoms with Gasteiger partial charge in [-0.25, -0.2) is 0 Å². The Morgan fingerprint density at radius 1 is 0.935 bits per heavy atom. The van der Waals surface area contributed by atoms with E-state index in [1.807, 2.05) is 53.4 Å². The average Bonchev–Trinajstić information content (AvgIpc) is 3.21. The molecule has 0 unspecified atom stereocenters. The van der Waals surface area contributed by atoms with Gasteiger partial charge in [-0.15, -0.1) is 0 Å². The number of carbonyl (C=O) groups excluding carboxylic acids is 2. The number of anilines is 2. The third kappa shape index (κ3) is 4.36. The maximum Gasteiger partial charge on any atom is 0.271 e. The largest absolute Gasteiger partial charge is 0.308 e. The molecule has 2 aromatic rings. The van der Waals surface area contributed by atoms with Crippen molar-refractivity contribution < 1.29 is 9.59 Å². The van der Waals surface area contributed by atoms with E-state index in [1.54, 1.807) is 0 Å². The molecule has 0 aliphatic carbocycles. The predicted molar refractivity (Wildman–Crippen MR) is 136 cm³/mol. The van der Waals surface area contributed by atoms with Crippen LogP contribution in [0.4, 0.5) is 11.4 Å². The molecule has 0 atom stereocenters. The van der Waals surface area contributed by atoms with E-state index in [4.69, 9.17) is 12.2 Å². The molecule has 2 aliphatic heterocycles. The summed E-state index contributed by atoms with van der Waals surface area (Å²) in [5, 5.41) is 0. The van der Waals surface area contributed by atoms with Gasteiger partial charge in [0.2, 0.25) is 0 Å². The Bertz CT molecular complexity index is 1070. The Balaban J connectivity index is 1.65. The normalized spacial score (nSPS) is 18.3. The average molecular weight is 515 g/mol. The topological polar surface area (TPSA) is 40.6 Å². The van der Waals surface area contributed by atoms with Crippen LogP contribution in [-0.4, -0.2) is 22.7 Å². The minimum absolute atomic E-state index is 0.104. The summed E-state index contributed by atoms with van der Waals surface area (Å²) in [4.78, 5) is 30.6. The zero-order valence-corrected chi connectivity index (χ0v) is 20.5. The highest BCUT2D eigenvalue weighted by Gasteiger charge is 2.42. The van der Waals surface area contributed by atoms with Crippen LogP contribution in [0.25, 0.3) is 5.57 Å². The highest BCUT2D eigenvalue weighted by Crippen LogP contribution is 2.45. The summed E-state index contributed by atoms with van der Waals surface area (Å²) < 4.78 is 1.37. The molecule has 1 fully saturated rings. The number of hydrogen-bond acceptors (Lipinski definition) is 4. The van der Waals surface area contributed by atoms with E-state index in [0.29, 0.717) is 27.0 Å². The molecule has 2 aromatic carbocycles. The van der Waals surface area contributed by atoms with Crippen LogP contribution in [0.1, 0.15) is 44.6 Å². The first-order chi connectivity index (χ1) is 15.0. The maximum atomic E-state index is 13.4. The van der Waals surface area contributed by atoms with Gasteiger partial charge in [0.1, 0.15) is 0 Å². The molecule has 1 saturated heterocycles. The Labute approximate surface area is 200 Å². The number of carbonyl (C=O) groups is 2. The van der Waals surface area contributed by atoms with Gasteiger partial charge in [0, 0.05) is 16.6 Å². The van der Waals surface area contributed by atoms with Gasteiger partial charge in [0.05, 0.1) is 21.9 Å². The van der Waals surface area contributed by atoms with Crippen molar-refractivity contribution in [1.82, 2.24) is 0 Å². The smallest absolute Gasteiger partial charge is 0.271 e. The number of para-hydroxylation sites is 1. The highest BCUT2D eigenvalue weighted by molar-refractivity contribution is 9.10. The van der Waals surface area contributed by atoms with Gasteiger partial charge in [-0.1, -0.05) is 90.7 Å². The number of fused-ring (bicyclic) bond motifs is 1. The monoisotopic (exact) mass is 514 g/mol. The summed E-state index contributed by atoms with van der Waals surface area (Å²) in [6.45, 7) is 2.85. The van der Waals surface area contributed by atoms with Crippen molar-refractivity contribution in [3.63, 3.8) is 0 Å². The number of thiocarbonyl (C=S) groups is 1. The van der Waals surface area contributed by atoms with E-state index in [-0.39, 0.29) is 11.8 Å². The second kappa shape index (κ2) is 9.67. The van der Waals surface area contributed by atoms with Crippen LogP contribution in [0.2, 0.25) is 0 Å². The molecule has 2 aliphatic rings. The maximum absolute atomic E-state index is 13.4. The van der Waals surface area contributed by atoms with Gasteiger partial charge < -0.3 is 4.90 Å². The van der Waals surface area contributed by atoms with E-state index in [2.05, 4.69) is 22.9 Å². The molecule has 0 radical (unpaired) electrons. The molecule has 0 spiro atoms. The molecule has 0 aromatic heterocycles. The summed E-state index contributed by atoms with van der Waals surface area (Å²) in [6, 6.07) is 15.2. The molecule has 4 rings (SSSR count). The number of nitrogens with zero attached hydrogens (tertiary/aromatic N) is 2. The summed E-state index contributed by atoms with van der Waals surface area (Å²) in [5.74, 6) is -0.340. The van der Waals surface area contributed by atoms with Crippen LogP contribution in [0.15, 0.2) is 57.9 Å². The predicted octanol–water partition coefficient (Wildman–Crippen LogP) is 6.54. The number of rotatable bonds is 7. The lowest BCUT2D eigenvalue weighted by atomic mass is 10.1. The van der Waals surface area contributed by atoms with Gasteiger partial charge in [-0.05, 0) is 36.8 Å². The van der Waals surface area contributed by atoms with E-state index >= 15 is 0 Å². The number of hydrogen-bond donors (Lipinski definition) is 0. The lowest BCUT2D eigenvalue weighted by Gasteiger charge is -2.17. The number of amides is 2. The van der Waals surface area contributed by atoms with Crippen LogP contribution >= 0.6 is 39.9 Å². The van der Waals surface area contributed by atoms with E-state index in [0.717, 1.165) is 28.6 Å². The molecule has 0 saturated carbocycles. The van der Waals surface area contributed by atoms with Gasteiger partial charge in [-0.2, -0.15) is 0 Å². The summed E-state index contributed by atoms with van der Waals surface area (Å²) in [5.41, 5.74) is 2.87. The summed E-state index contributed by atoms with van der Waals surface area (Å²) in [6.07, 6.45) is 5.64. The number of benzene rings is 2. The number of halogens is 1. The molecule has 4 nitrogen and oxygen atoms in total. The van der Waals surface area contributed by atoms with Crippen LogP contribution in [0, 0.1) is 0 Å². The fourth-order valence-corrected chi connectivity index (χ4v) is 5.56. The van der Waals surface area contributed by atoms with Gasteiger partial charge in [0.15, 0.2) is 4.32 Å². The van der Waals surface area contributed by atoms with Gasteiger partial charge in [-0.3, -0.25) is 14.5 Å². The molecule has 7 heteroatoms. The molecule has 31 heavy (non-hydrogen) atoms. The quantitative estimate of drug-likeness (QED) is 0.239. The van der Waals surface area contributed by atoms with Crippen LogP contribution in [0.3, 0.4) is 0 Å². The lowest BCUT2D eigenvalue weighted by Crippen LogP contribution is -2.29. The summed E-state index contributed by atoms with van der Waals surface area (Å²) >= 11 is 10.1. The molecule has 160 valence electrons. The fraction of sp³-hybridized carbons (Fsp3) is 0.292. The highest BCUT2D eigenvalue weighted by atomic mass is 79.9. The van der Waals surface area contributed by atoms with Crippen molar-refractivity contribution in [3.05, 3.63) is 63.5 Å². The minimum atomic E-state index is -0.236. The standard InChI is InChI=1S/C24H23BrN2O2S2/c1-2-3-4-5-8-15-26-19-10-7-6-9-18(19)20(22(26)28)21-23(29)27(24(30)31-21)17-13-11-16(25)12-14-17/h6-7,9-14H,2-5,8,15H2,1H3/b21-20-. The third-order valence-electron chi connectivity index (χ3n) is 5.49. The SMILES string of the molecule is CCCCCCCN1C(=O)/C(=C2\SC(=S)N(c3ccc(Br)cc3)C2=O)c2ccccc21. The van der Waals surface area contributed by atoms with Crippen LogP contribution < -0.4 is 9.80 Å². The lowest BCUT2D eigenvalue weighted by molar-refractivity contribution is -0.115. The Morgan fingerprint density at radius 2 is 1.65 bits per heavy atom. The van der Waals surface area contributed by atoms with Crippen molar-refractivity contribution in [2.45, 2.75) is 39.0 Å². The molecule has 2 amide bonds. The number of unbranched alkanes of at least 4 members (excludes halogenated alkanes) is 4. The first-order valence-corrected chi connectivity index (χ1v) is 12.5. The van der Waals surface area contributed by atoms with E-state index in [9.17, 15) is 9.59 Å². The van der Waals surface area contributed by atoms with Gasteiger partial charge in [0.25, 0.3) is 11.8 Å². The van der Waals surface area contributed by atoms with Crippen molar-refractivity contribution in [2.75, 3.05) is 16.3 Å². The zero-order chi connectivity index (χ0) is 22.0. The Kier molecular flexibility index (Phi) is 6.94. The fourth-order valence-electron chi connectivity index (χ4n) is 3.93. The second-order valence-electron chi connectivity index (χ2n) is 7.58. The first-order valence-electron chi connectivity index (χ1n) is 10.5.